The minimum atomic E-state index is -0.358. The molecule has 0 aliphatic rings. The Labute approximate surface area is 122 Å². The molecule has 2 aromatic rings. The van der Waals surface area contributed by atoms with Crippen molar-refractivity contribution >= 4 is 11.8 Å². The molecule has 0 unspecified atom stereocenters. The second-order valence-corrected chi connectivity index (χ2v) is 4.63. The van der Waals surface area contributed by atoms with Crippen molar-refractivity contribution in [2.75, 3.05) is 13.1 Å². The second-order valence-electron chi connectivity index (χ2n) is 4.63. The summed E-state index contributed by atoms with van der Waals surface area (Å²) < 4.78 is 3.47. The zero-order valence-corrected chi connectivity index (χ0v) is 12.0. The van der Waals surface area contributed by atoms with Gasteiger partial charge in [0.25, 0.3) is 5.91 Å². The Kier molecular flexibility index (Phi) is 4.70. The van der Waals surface area contributed by atoms with Gasteiger partial charge in [0.1, 0.15) is 5.69 Å². The fourth-order valence-electron chi connectivity index (χ4n) is 1.73. The van der Waals surface area contributed by atoms with Crippen LogP contribution in [-0.2, 0) is 18.4 Å². The Hall–Kier alpha value is -2.64. The Morgan fingerprint density at radius 2 is 2.14 bits per heavy atom. The number of carbonyl (C=O) groups is 2. The van der Waals surface area contributed by atoms with E-state index in [0.29, 0.717) is 18.8 Å². The van der Waals surface area contributed by atoms with Gasteiger partial charge in [-0.2, -0.15) is 5.10 Å². The van der Waals surface area contributed by atoms with E-state index in [1.165, 1.54) is 0 Å². The number of hydrogen-bond donors (Lipinski definition) is 2. The lowest BCUT2D eigenvalue weighted by Gasteiger charge is -2.06. The van der Waals surface area contributed by atoms with Gasteiger partial charge in [0.05, 0.1) is 12.9 Å². The molecule has 0 fully saturated rings. The maximum Gasteiger partial charge on any atom is 0.272 e. The molecule has 0 aliphatic heterocycles. The molecule has 0 aliphatic carbocycles. The van der Waals surface area contributed by atoms with Gasteiger partial charge in [-0.1, -0.05) is 0 Å². The van der Waals surface area contributed by atoms with Crippen LogP contribution in [0, 0.1) is 6.92 Å². The van der Waals surface area contributed by atoms with Gasteiger partial charge in [-0.25, -0.2) is 4.98 Å². The molecule has 8 heteroatoms. The van der Waals surface area contributed by atoms with Crippen LogP contribution in [0.1, 0.15) is 16.2 Å². The normalized spacial score (nSPS) is 10.4. The monoisotopic (exact) mass is 290 g/mol. The largest absolute Gasteiger partial charge is 0.353 e. The molecule has 21 heavy (non-hydrogen) atoms. The Morgan fingerprint density at radius 1 is 1.33 bits per heavy atom. The Morgan fingerprint density at radius 3 is 2.76 bits per heavy atom. The first-order chi connectivity index (χ1) is 10.1. The van der Waals surface area contributed by atoms with Crippen molar-refractivity contribution in [3.8, 4) is 0 Å². The predicted molar refractivity (Wildman–Crippen MR) is 75.5 cm³/mol. The van der Waals surface area contributed by atoms with Crippen LogP contribution in [-0.4, -0.2) is 44.2 Å². The third kappa shape index (κ3) is 4.16. The van der Waals surface area contributed by atoms with Crippen molar-refractivity contribution < 1.29 is 9.59 Å². The summed E-state index contributed by atoms with van der Waals surface area (Å²) in [7, 11) is 1.76. The van der Waals surface area contributed by atoms with Crippen LogP contribution in [0.5, 0.6) is 0 Å². The summed E-state index contributed by atoms with van der Waals surface area (Å²) in [5.41, 5.74) is 1.19. The highest BCUT2D eigenvalue weighted by atomic mass is 16.2. The van der Waals surface area contributed by atoms with Crippen molar-refractivity contribution in [2.24, 2.45) is 7.05 Å². The maximum atomic E-state index is 11.8. The number of carbonyl (C=O) groups excluding carboxylic acids is 2. The van der Waals surface area contributed by atoms with E-state index in [2.05, 4.69) is 20.7 Å². The highest BCUT2D eigenvalue weighted by molar-refractivity contribution is 5.94. The maximum absolute atomic E-state index is 11.8. The van der Waals surface area contributed by atoms with Gasteiger partial charge < -0.3 is 15.2 Å². The molecule has 0 saturated heterocycles. The van der Waals surface area contributed by atoms with Gasteiger partial charge in [-0.05, 0) is 13.0 Å². The van der Waals surface area contributed by atoms with Gasteiger partial charge in [-0.15, -0.1) is 0 Å². The first-order valence-corrected chi connectivity index (χ1v) is 6.57. The van der Waals surface area contributed by atoms with Crippen LogP contribution < -0.4 is 10.6 Å². The molecule has 2 N–H and O–H groups in total. The number of amides is 2. The second kappa shape index (κ2) is 6.69. The van der Waals surface area contributed by atoms with Crippen molar-refractivity contribution in [1.29, 1.82) is 0 Å². The standard InChI is InChI=1S/C13H18N6O2/c1-10-7-11(17-18(10)2)13(21)16-8-12(20)15-4-6-19-5-3-14-9-19/h3,5,7,9H,4,6,8H2,1-2H3,(H,15,20)(H,16,21). The average Bonchev–Trinajstić information content (AvgIpc) is 3.07. The molecule has 0 atom stereocenters. The molecular weight excluding hydrogens is 272 g/mol. The van der Waals surface area contributed by atoms with E-state index in [4.69, 9.17) is 0 Å². The Bertz CT molecular complexity index is 597. The van der Waals surface area contributed by atoms with E-state index in [1.807, 2.05) is 17.7 Å². The van der Waals surface area contributed by atoms with E-state index in [0.717, 1.165) is 5.69 Å². The van der Waals surface area contributed by atoms with Crippen LogP contribution in [0.2, 0.25) is 0 Å². The molecule has 2 rings (SSSR count). The lowest BCUT2D eigenvalue weighted by atomic mass is 10.3. The zero-order valence-electron chi connectivity index (χ0n) is 12.0. The van der Waals surface area contributed by atoms with Gasteiger partial charge in [0.15, 0.2) is 0 Å². The van der Waals surface area contributed by atoms with E-state index in [-0.39, 0.29) is 18.4 Å². The third-order valence-corrected chi connectivity index (χ3v) is 3.01. The summed E-state index contributed by atoms with van der Waals surface area (Å²) in [6.45, 7) is 2.90. The molecule has 0 bridgehead atoms. The average molecular weight is 290 g/mol. The van der Waals surface area contributed by atoms with Crippen LogP contribution in [0.4, 0.5) is 0 Å². The number of nitrogens with zero attached hydrogens (tertiary/aromatic N) is 4. The summed E-state index contributed by atoms with van der Waals surface area (Å²) in [6.07, 6.45) is 5.17. The van der Waals surface area contributed by atoms with Crippen LogP contribution in [0.25, 0.3) is 0 Å². The molecule has 0 aromatic carbocycles. The number of hydrogen-bond acceptors (Lipinski definition) is 4. The summed E-state index contributed by atoms with van der Waals surface area (Å²) in [6, 6.07) is 1.67. The first-order valence-electron chi connectivity index (χ1n) is 6.57. The lowest BCUT2D eigenvalue weighted by molar-refractivity contribution is -0.120. The molecule has 0 spiro atoms. The number of aryl methyl sites for hydroxylation is 2. The topological polar surface area (TPSA) is 93.8 Å². The molecular formula is C13H18N6O2. The minimum absolute atomic E-state index is 0.0710. The smallest absolute Gasteiger partial charge is 0.272 e. The number of rotatable bonds is 6. The summed E-state index contributed by atoms with van der Waals surface area (Å²) in [5.74, 6) is -0.598. The SMILES string of the molecule is Cc1cc(C(=O)NCC(=O)NCCn2ccnc2)nn1C. The highest BCUT2D eigenvalue weighted by Gasteiger charge is 2.11. The van der Waals surface area contributed by atoms with Crippen molar-refractivity contribution in [2.45, 2.75) is 13.5 Å². The number of nitrogens with one attached hydrogen (secondary N) is 2. The molecule has 2 aromatic heterocycles. The van der Waals surface area contributed by atoms with Crippen molar-refractivity contribution in [3.05, 3.63) is 36.2 Å². The van der Waals surface area contributed by atoms with E-state index in [1.54, 1.807) is 30.3 Å². The van der Waals surface area contributed by atoms with E-state index < -0.39 is 0 Å². The van der Waals surface area contributed by atoms with Gasteiger partial charge in [0.2, 0.25) is 5.91 Å². The fourth-order valence-corrected chi connectivity index (χ4v) is 1.73. The zero-order chi connectivity index (χ0) is 15.2. The van der Waals surface area contributed by atoms with E-state index >= 15 is 0 Å². The fraction of sp³-hybridized carbons (Fsp3) is 0.385. The van der Waals surface area contributed by atoms with Crippen molar-refractivity contribution in [3.63, 3.8) is 0 Å². The molecule has 0 radical (unpaired) electrons. The molecule has 0 saturated carbocycles. The van der Waals surface area contributed by atoms with Crippen molar-refractivity contribution in [1.82, 2.24) is 30.0 Å². The highest BCUT2D eigenvalue weighted by Crippen LogP contribution is 2.00. The molecule has 8 nitrogen and oxygen atoms in total. The van der Waals surface area contributed by atoms with E-state index in [9.17, 15) is 9.59 Å². The predicted octanol–water partition coefficient (Wildman–Crippen LogP) is -0.529. The third-order valence-electron chi connectivity index (χ3n) is 3.01. The van der Waals surface area contributed by atoms with Gasteiger partial charge in [0, 0.05) is 38.2 Å². The summed E-state index contributed by atoms with van der Waals surface area (Å²) in [4.78, 5) is 27.3. The lowest BCUT2D eigenvalue weighted by Crippen LogP contribution is -2.38. The van der Waals surface area contributed by atoms with Crippen LogP contribution in [0.3, 0.4) is 0 Å². The number of imidazole rings is 1. The molecule has 2 heterocycles. The Balaban J connectivity index is 1.69. The van der Waals surface area contributed by atoms with Gasteiger partial charge >= 0.3 is 0 Å². The van der Waals surface area contributed by atoms with Gasteiger partial charge in [-0.3, -0.25) is 14.3 Å². The molecule has 2 amide bonds. The first kappa shape index (κ1) is 14.8. The summed E-state index contributed by atoms with van der Waals surface area (Å²) >= 11 is 0. The molecule has 112 valence electrons. The summed E-state index contributed by atoms with van der Waals surface area (Å²) in [5, 5.41) is 9.30. The minimum Gasteiger partial charge on any atom is -0.353 e. The number of aromatic nitrogens is 4. The quantitative estimate of drug-likeness (QED) is 0.748. The van der Waals surface area contributed by atoms with Crippen LogP contribution >= 0.6 is 0 Å². The van der Waals surface area contributed by atoms with Crippen LogP contribution in [0.15, 0.2) is 24.8 Å².